The van der Waals surface area contributed by atoms with Crippen molar-refractivity contribution in [3.05, 3.63) is 47.3 Å². The average molecular weight is 329 g/mol. The minimum Gasteiger partial charge on any atom is -0.393 e. The molecule has 0 bridgehead atoms. The summed E-state index contributed by atoms with van der Waals surface area (Å²) in [6, 6.07) is 10.2. The van der Waals surface area contributed by atoms with Gasteiger partial charge in [-0.25, -0.2) is 4.68 Å². The number of rotatable bonds is 4. The molecular formula is C19H27N3O2. The standard InChI is InChI=1S/C19H27N3O2/c1-15-18(13-21-11-6-9-19(24,14-23)10-12-21)16(2)22(20-15)17-7-4-3-5-8-17/h3-5,7-8,23-24H,6,9-14H2,1-2H3/t19-/m0/s1. The van der Waals surface area contributed by atoms with Gasteiger partial charge in [-0.1, -0.05) is 18.2 Å². The van der Waals surface area contributed by atoms with Crippen LogP contribution >= 0.6 is 0 Å². The molecule has 5 nitrogen and oxygen atoms in total. The van der Waals surface area contributed by atoms with Crippen LogP contribution in [-0.2, 0) is 6.54 Å². The van der Waals surface area contributed by atoms with Gasteiger partial charge in [0.05, 0.1) is 23.6 Å². The molecule has 130 valence electrons. The third-order valence-corrected chi connectivity index (χ3v) is 5.13. The van der Waals surface area contributed by atoms with E-state index in [4.69, 9.17) is 5.10 Å². The number of benzene rings is 1. The van der Waals surface area contributed by atoms with Crippen LogP contribution < -0.4 is 0 Å². The van der Waals surface area contributed by atoms with Crippen molar-refractivity contribution in [3.8, 4) is 5.69 Å². The second-order valence-electron chi connectivity index (χ2n) is 6.91. The van der Waals surface area contributed by atoms with Crippen LogP contribution in [0.2, 0.25) is 0 Å². The summed E-state index contributed by atoms with van der Waals surface area (Å²) < 4.78 is 2.01. The van der Waals surface area contributed by atoms with E-state index >= 15 is 0 Å². The number of aryl methyl sites for hydroxylation is 1. The van der Waals surface area contributed by atoms with Crippen LogP contribution in [0.15, 0.2) is 30.3 Å². The Balaban J connectivity index is 1.77. The van der Waals surface area contributed by atoms with Crippen molar-refractivity contribution in [2.24, 2.45) is 0 Å². The zero-order valence-corrected chi connectivity index (χ0v) is 14.6. The molecule has 1 fully saturated rings. The fourth-order valence-corrected chi connectivity index (χ4v) is 3.50. The molecule has 24 heavy (non-hydrogen) atoms. The minimum absolute atomic E-state index is 0.148. The van der Waals surface area contributed by atoms with Crippen molar-refractivity contribution in [1.29, 1.82) is 0 Å². The predicted molar refractivity (Wildman–Crippen MR) is 94.2 cm³/mol. The van der Waals surface area contributed by atoms with Gasteiger partial charge < -0.3 is 10.2 Å². The Hall–Kier alpha value is -1.69. The lowest BCUT2D eigenvalue weighted by atomic mass is 9.96. The molecule has 2 aromatic rings. The SMILES string of the molecule is Cc1nn(-c2ccccc2)c(C)c1CN1CCC[C@@](O)(CO)CC1. The molecule has 5 heteroatoms. The zero-order chi connectivity index (χ0) is 17.2. The first-order valence-corrected chi connectivity index (χ1v) is 8.68. The Kier molecular flexibility index (Phi) is 5.04. The Bertz CT molecular complexity index is 683. The van der Waals surface area contributed by atoms with Gasteiger partial charge in [0, 0.05) is 24.3 Å². The number of hydrogen-bond acceptors (Lipinski definition) is 4. The van der Waals surface area contributed by atoms with E-state index in [2.05, 4.69) is 30.9 Å². The van der Waals surface area contributed by atoms with Gasteiger partial charge in [0.2, 0.25) is 0 Å². The summed E-state index contributed by atoms with van der Waals surface area (Å²) in [7, 11) is 0. The lowest BCUT2D eigenvalue weighted by Crippen LogP contribution is -2.34. The molecular weight excluding hydrogens is 302 g/mol. The van der Waals surface area contributed by atoms with E-state index in [1.54, 1.807) is 0 Å². The zero-order valence-electron chi connectivity index (χ0n) is 14.6. The fourth-order valence-electron chi connectivity index (χ4n) is 3.50. The van der Waals surface area contributed by atoms with Crippen molar-refractivity contribution < 1.29 is 10.2 Å². The molecule has 0 radical (unpaired) electrons. The highest BCUT2D eigenvalue weighted by atomic mass is 16.3. The maximum absolute atomic E-state index is 10.3. The second-order valence-corrected chi connectivity index (χ2v) is 6.91. The van der Waals surface area contributed by atoms with E-state index < -0.39 is 5.60 Å². The third kappa shape index (κ3) is 3.53. The van der Waals surface area contributed by atoms with E-state index in [0.29, 0.717) is 12.8 Å². The number of aromatic nitrogens is 2. The van der Waals surface area contributed by atoms with Gasteiger partial charge in [-0.15, -0.1) is 0 Å². The van der Waals surface area contributed by atoms with Crippen molar-refractivity contribution >= 4 is 0 Å². The topological polar surface area (TPSA) is 61.5 Å². The third-order valence-electron chi connectivity index (χ3n) is 5.13. The number of para-hydroxylation sites is 1. The van der Waals surface area contributed by atoms with Gasteiger partial charge in [-0.2, -0.15) is 5.10 Å². The Morgan fingerprint density at radius 3 is 2.58 bits per heavy atom. The first kappa shape index (κ1) is 17.1. The molecule has 1 aromatic heterocycles. The number of likely N-dealkylation sites (tertiary alicyclic amines) is 1. The summed E-state index contributed by atoms with van der Waals surface area (Å²) in [5.41, 5.74) is 3.65. The van der Waals surface area contributed by atoms with E-state index in [9.17, 15) is 10.2 Å². The number of aliphatic hydroxyl groups is 2. The van der Waals surface area contributed by atoms with E-state index in [0.717, 1.165) is 37.4 Å². The highest BCUT2D eigenvalue weighted by Crippen LogP contribution is 2.25. The normalized spacial score (nSPS) is 22.5. The van der Waals surface area contributed by atoms with E-state index in [-0.39, 0.29) is 6.61 Å². The van der Waals surface area contributed by atoms with Crippen LogP contribution in [0.1, 0.15) is 36.2 Å². The van der Waals surface area contributed by atoms with Gasteiger partial charge in [0.15, 0.2) is 0 Å². The molecule has 0 spiro atoms. The molecule has 3 rings (SSSR count). The van der Waals surface area contributed by atoms with Crippen LogP contribution in [0, 0.1) is 13.8 Å². The summed E-state index contributed by atoms with van der Waals surface area (Å²) in [5.74, 6) is 0. The number of aliphatic hydroxyl groups excluding tert-OH is 1. The van der Waals surface area contributed by atoms with Crippen molar-refractivity contribution in [1.82, 2.24) is 14.7 Å². The van der Waals surface area contributed by atoms with Crippen molar-refractivity contribution in [2.75, 3.05) is 19.7 Å². The van der Waals surface area contributed by atoms with Crippen molar-refractivity contribution in [2.45, 2.75) is 45.3 Å². The quantitative estimate of drug-likeness (QED) is 0.903. The summed E-state index contributed by atoms with van der Waals surface area (Å²) in [5, 5.41) is 24.4. The van der Waals surface area contributed by atoms with Gasteiger partial charge in [0.25, 0.3) is 0 Å². The van der Waals surface area contributed by atoms with E-state index in [1.165, 1.54) is 11.3 Å². The maximum Gasteiger partial charge on any atom is 0.0890 e. The predicted octanol–water partition coefficient (Wildman–Crippen LogP) is 2.20. The molecule has 0 aliphatic carbocycles. The molecule has 0 unspecified atom stereocenters. The van der Waals surface area contributed by atoms with Crippen LogP contribution in [0.25, 0.3) is 5.69 Å². The molecule has 1 aliphatic rings. The molecule has 1 aromatic carbocycles. The van der Waals surface area contributed by atoms with Crippen LogP contribution in [0.3, 0.4) is 0 Å². The molecule has 0 saturated carbocycles. The Morgan fingerprint density at radius 1 is 1.12 bits per heavy atom. The van der Waals surface area contributed by atoms with Gasteiger partial charge in [0.1, 0.15) is 0 Å². The molecule has 1 aliphatic heterocycles. The average Bonchev–Trinajstić information content (AvgIpc) is 2.76. The van der Waals surface area contributed by atoms with Gasteiger partial charge >= 0.3 is 0 Å². The lowest BCUT2D eigenvalue weighted by molar-refractivity contribution is -0.0255. The highest BCUT2D eigenvalue weighted by Gasteiger charge is 2.29. The molecule has 1 atom stereocenters. The van der Waals surface area contributed by atoms with Crippen LogP contribution in [0.5, 0.6) is 0 Å². The summed E-state index contributed by atoms with van der Waals surface area (Å²) in [6.45, 7) is 6.61. The molecule has 1 saturated heterocycles. The largest absolute Gasteiger partial charge is 0.393 e. The lowest BCUT2D eigenvalue weighted by Gasteiger charge is -2.24. The fraction of sp³-hybridized carbons (Fsp3) is 0.526. The maximum atomic E-state index is 10.3. The smallest absolute Gasteiger partial charge is 0.0890 e. The van der Waals surface area contributed by atoms with Crippen LogP contribution in [-0.4, -0.2) is 50.2 Å². The Morgan fingerprint density at radius 2 is 1.88 bits per heavy atom. The van der Waals surface area contributed by atoms with Crippen molar-refractivity contribution in [3.63, 3.8) is 0 Å². The van der Waals surface area contributed by atoms with Crippen LogP contribution in [0.4, 0.5) is 0 Å². The number of hydrogen-bond donors (Lipinski definition) is 2. The monoisotopic (exact) mass is 329 g/mol. The van der Waals surface area contributed by atoms with Gasteiger partial charge in [-0.3, -0.25) is 4.90 Å². The summed E-state index contributed by atoms with van der Waals surface area (Å²) in [4.78, 5) is 2.36. The summed E-state index contributed by atoms with van der Waals surface area (Å²) >= 11 is 0. The highest BCUT2D eigenvalue weighted by molar-refractivity contribution is 5.36. The minimum atomic E-state index is -0.910. The van der Waals surface area contributed by atoms with E-state index in [1.807, 2.05) is 22.9 Å². The second kappa shape index (κ2) is 7.05. The first-order valence-electron chi connectivity index (χ1n) is 8.68. The number of nitrogens with zero attached hydrogens (tertiary/aromatic N) is 3. The Labute approximate surface area is 143 Å². The summed E-state index contributed by atoms with van der Waals surface area (Å²) in [6.07, 6.45) is 2.19. The first-order chi connectivity index (χ1) is 11.5. The van der Waals surface area contributed by atoms with Gasteiger partial charge in [-0.05, 0) is 51.8 Å². The molecule has 0 amide bonds. The molecule has 2 N–H and O–H groups in total. The molecule has 2 heterocycles.